The fourth-order valence-electron chi connectivity index (χ4n) is 2.78. The standard InChI is InChI=1S/C17H23F3N2O5S/c1-11-9-13(27-28(24,25)17(18,19)20)10-14(21-11)12-5-7-22(8-6-12)15(23)26-16(2,3)4/h9-10,12H,5-8H2,1-4H3. The molecule has 0 aromatic carbocycles. The average molecular weight is 424 g/mol. The maximum absolute atomic E-state index is 12.5. The number of aromatic nitrogens is 1. The normalized spacial score (nSPS) is 16.8. The van der Waals surface area contributed by atoms with Crippen molar-refractivity contribution in [3.8, 4) is 5.75 Å². The smallest absolute Gasteiger partial charge is 0.444 e. The minimum absolute atomic E-state index is 0.144. The van der Waals surface area contributed by atoms with Crippen LogP contribution in [0, 0.1) is 6.92 Å². The van der Waals surface area contributed by atoms with E-state index in [1.165, 1.54) is 13.0 Å². The highest BCUT2D eigenvalue weighted by atomic mass is 32.2. The topological polar surface area (TPSA) is 85.8 Å². The number of nitrogens with zero attached hydrogens (tertiary/aromatic N) is 2. The van der Waals surface area contributed by atoms with Crippen molar-refractivity contribution in [3.63, 3.8) is 0 Å². The van der Waals surface area contributed by atoms with E-state index in [1.807, 2.05) is 0 Å². The van der Waals surface area contributed by atoms with Crippen LogP contribution in [0.15, 0.2) is 12.1 Å². The van der Waals surface area contributed by atoms with Gasteiger partial charge in [-0.3, -0.25) is 4.98 Å². The summed E-state index contributed by atoms with van der Waals surface area (Å²) in [6.45, 7) is 7.63. The van der Waals surface area contributed by atoms with Crippen LogP contribution in [-0.2, 0) is 14.9 Å². The van der Waals surface area contributed by atoms with Gasteiger partial charge in [-0.1, -0.05) is 0 Å². The van der Waals surface area contributed by atoms with E-state index in [2.05, 4.69) is 9.17 Å². The van der Waals surface area contributed by atoms with E-state index in [0.717, 1.165) is 6.07 Å². The second kappa shape index (κ2) is 7.76. The Morgan fingerprint density at radius 1 is 1.18 bits per heavy atom. The maximum Gasteiger partial charge on any atom is 0.534 e. The zero-order valence-electron chi connectivity index (χ0n) is 16.0. The van der Waals surface area contributed by atoms with Gasteiger partial charge >= 0.3 is 21.7 Å². The first kappa shape index (κ1) is 22.3. The summed E-state index contributed by atoms with van der Waals surface area (Å²) in [7, 11) is -5.75. The van der Waals surface area contributed by atoms with Crippen LogP contribution in [0.2, 0.25) is 0 Å². The number of alkyl halides is 3. The number of rotatable bonds is 3. The van der Waals surface area contributed by atoms with E-state index < -0.39 is 33.1 Å². The summed E-state index contributed by atoms with van der Waals surface area (Å²) in [6, 6.07) is 2.33. The number of pyridine rings is 1. The second-order valence-electron chi connectivity index (χ2n) is 7.59. The minimum atomic E-state index is -5.75. The van der Waals surface area contributed by atoms with Crippen LogP contribution in [0.1, 0.15) is 50.9 Å². The largest absolute Gasteiger partial charge is 0.534 e. The van der Waals surface area contributed by atoms with E-state index in [1.54, 1.807) is 25.7 Å². The van der Waals surface area contributed by atoms with Gasteiger partial charge in [0.1, 0.15) is 11.4 Å². The molecule has 0 saturated carbocycles. The molecule has 0 radical (unpaired) electrons. The van der Waals surface area contributed by atoms with Crippen LogP contribution in [0.4, 0.5) is 18.0 Å². The Labute approximate surface area is 162 Å². The third-order valence-corrected chi connectivity index (χ3v) is 4.98. The molecule has 1 fully saturated rings. The Hall–Kier alpha value is -2.04. The maximum atomic E-state index is 12.5. The highest BCUT2D eigenvalue weighted by Gasteiger charge is 2.48. The number of ether oxygens (including phenoxy) is 1. The number of hydrogen-bond acceptors (Lipinski definition) is 6. The third kappa shape index (κ3) is 5.73. The minimum Gasteiger partial charge on any atom is -0.444 e. The molecule has 7 nitrogen and oxygen atoms in total. The number of carbonyl (C=O) groups is 1. The lowest BCUT2D eigenvalue weighted by molar-refractivity contribution is -0.0500. The first-order valence-corrected chi connectivity index (χ1v) is 10.1. The summed E-state index contributed by atoms with van der Waals surface area (Å²) in [6.07, 6.45) is 0.603. The third-order valence-electron chi connectivity index (χ3n) is 4.00. The van der Waals surface area contributed by atoms with Crippen LogP contribution in [0.5, 0.6) is 5.75 Å². The van der Waals surface area contributed by atoms with Crippen molar-refractivity contribution in [2.45, 2.75) is 57.6 Å². The van der Waals surface area contributed by atoms with Crippen molar-refractivity contribution in [2.75, 3.05) is 13.1 Å². The van der Waals surface area contributed by atoms with E-state index in [9.17, 15) is 26.4 Å². The monoisotopic (exact) mass is 424 g/mol. The molecule has 1 saturated heterocycles. The van der Waals surface area contributed by atoms with Crippen LogP contribution in [0.3, 0.4) is 0 Å². The molecule has 0 bridgehead atoms. The van der Waals surface area contributed by atoms with Gasteiger partial charge in [-0.2, -0.15) is 21.6 Å². The molecule has 0 unspecified atom stereocenters. The van der Waals surface area contributed by atoms with Crippen LogP contribution < -0.4 is 4.18 Å². The van der Waals surface area contributed by atoms with E-state index >= 15 is 0 Å². The van der Waals surface area contributed by atoms with Crippen molar-refractivity contribution in [3.05, 3.63) is 23.5 Å². The summed E-state index contributed by atoms with van der Waals surface area (Å²) in [5.74, 6) is -0.580. The van der Waals surface area contributed by atoms with Gasteiger partial charge in [0, 0.05) is 42.5 Å². The Bertz CT molecular complexity index is 826. The molecule has 0 spiro atoms. The first-order chi connectivity index (χ1) is 12.7. The number of carbonyl (C=O) groups excluding carboxylic acids is 1. The van der Waals surface area contributed by atoms with Crippen molar-refractivity contribution in [1.82, 2.24) is 9.88 Å². The highest BCUT2D eigenvalue weighted by molar-refractivity contribution is 7.88. The molecule has 11 heteroatoms. The first-order valence-electron chi connectivity index (χ1n) is 8.65. The second-order valence-corrected chi connectivity index (χ2v) is 9.13. The Kier molecular flexibility index (Phi) is 6.17. The van der Waals surface area contributed by atoms with Crippen LogP contribution >= 0.6 is 0 Å². The molecule has 158 valence electrons. The lowest BCUT2D eigenvalue weighted by atomic mass is 9.93. The number of likely N-dealkylation sites (tertiary alicyclic amines) is 1. The fraction of sp³-hybridized carbons (Fsp3) is 0.647. The molecule has 1 aromatic rings. The molecular weight excluding hydrogens is 401 g/mol. The fourth-order valence-corrected chi connectivity index (χ4v) is 3.22. The van der Waals surface area contributed by atoms with Crippen molar-refractivity contribution < 1.29 is 35.3 Å². The predicted molar refractivity (Wildman–Crippen MR) is 94.4 cm³/mol. The zero-order valence-corrected chi connectivity index (χ0v) is 16.9. The van der Waals surface area contributed by atoms with Gasteiger partial charge < -0.3 is 13.8 Å². The molecule has 0 atom stereocenters. The molecule has 0 aliphatic carbocycles. The summed E-state index contributed by atoms with van der Waals surface area (Å²) in [4.78, 5) is 18.0. The number of aryl methyl sites for hydroxylation is 1. The SMILES string of the molecule is Cc1cc(OS(=O)(=O)C(F)(F)F)cc(C2CCN(C(=O)OC(C)(C)C)CC2)n1. The lowest BCUT2D eigenvalue weighted by Gasteiger charge is -2.33. The molecule has 2 rings (SSSR count). The van der Waals surface area contributed by atoms with E-state index in [0.29, 0.717) is 37.3 Å². The molecule has 2 heterocycles. The van der Waals surface area contributed by atoms with Crippen LogP contribution in [0.25, 0.3) is 0 Å². The number of piperidine rings is 1. The molecular formula is C17H23F3N2O5S. The van der Waals surface area contributed by atoms with Gasteiger partial charge in [-0.25, -0.2) is 4.79 Å². The summed E-state index contributed by atoms with van der Waals surface area (Å²) in [5.41, 5.74) is -5.36. The molecule has 0 N–H and O–H groups in total. The van der Waals surface area contributed by atoms with Crippen LogP contribution in [-0.4, -0.2) is 48.6 Å². The zero-order chi connectivity index (χ0) is 21.3. The lowest BCUT2D eigenvalue weighted by Crippen LogP contribution is -2.41. The van der Waals surface area contributed by atoms with E-state index in [4.69, 9.17) is 4.74 Å². The van der Waals surface area contributed by atoms with Crippen molar-refractivity contribution in [1.29, 1.82) is 0 Å². The van der Waals surface area contributed by atoms with Gasteiger partial charge in [0.2, 0.25) is 0 Å². The van der Waals surface area contributed by atoms with Gasteiger partial charge in [-0.05, 0) is 40.5 Å². The summed E-state index contributed by atoms with van der Waals surface area (Å²) >= 11 is 0. The molecule has 1 aliphatic heterocycles. The quantitative estimate of drug-likeness (QED) is 0.543. The summed E-state index contributed by atoms with van der Waals surface area (Å²) in [5, 5.41) is 0. The Balaban J connectivity index is 2.09. The Morgan fingerprint density at radius 3 is 2.25 bits per heavy atom. The Morgan fingerprint density at radius 2 is 1.75 bits per heavy atom. The van der Waals surface area contributed by atoms with Gasteiger partial charge in [0.05, 0.1) is 0 Å². The van der Waals surface area contributed by atoms with Gasteiger partial charge in [-0.15, -0.1) is 0 Å². The van der Waals surface area contributed by atoms with E-state index in [-0.39, 0.29) is 5.92 Å². The predicted octanol–water partition coefficient (Wildman–Crippen LogP) is 3.73. The van der Waals surface area contributed by atoms with Gasteiger partial charge in [0.25, 0.3) is 0 Å². The number of amides is 1. The molecule has 1 aromatic heterocycles. The van der Waals surface area contributed by atoms with Gasteiger partial charge in [0.15, 0.2) is 0 Å². The molecule has 1 amide bonds. The molecule has 1 aliphatic rings. The molecule has 28 heavy (non-hydrogen) atoms. The number of hydrogen-bond donors (Lipinski definition) is 0. The highest BCUT2D eigenvalue weighted by Crippen LogP contribution is 2.32. The summed E-state index contributed by atoms with van der Waals surface area (Å²) < 4.78 is 69.6. The number of halogens is 3. The van der Waals surface area contributed by atoms with Crippen molar-refractivity contribution >= 4 is 16.2 Å². The average Bonchev–Trinajstić information content (AvgIpc) is 2.51. The van der Waals surface area contributed by atoms with Crippen molar-refractivity contribution in [2.24, 2.45) is 0 Å².